The minimum atomic E-state index is -0.430. The summed E-state index contributed by atoms with van der Waals surface area (Å²) in [5.41, 5.74) is 1.84. The van der Waals surface area contributed by atoms with E-state index in [1.807, 2.05) is 60.7 Å². The van der Waals surface area contributed by atoms with Crippen LogP contribution in [0.5, 0.6) is 0 Å². The summed E-state index contributed by atoms with van der Waals surface area (Å²) in [5, 5.41) is 18.2. The number of amides is 1. The third kappa shape index (κ3) is 4.86. The number of anilines is 1. The van der Waals surface area contributed by atoms with Crippen LogP contribution in [0.1, 0.15) is 5.56 Å². The number of hydrogen-bond acceptors (Lipinski definition) is 8. The summed E-state index contributed by atoms with van der Waals surface area (Å²) in [6, 6.07) is 18.7. The molecule has 2 aromatic carbocycles. The van der Waals surface area contributed by atoms with Crippen LogP contribution in [0.25, 0.3) is 6.08 Å². The van der Waals surface area contributed by atoms with Gasteiger partial charge < -0.3 is 5.11 Å². The van der Waals surface area contributed by atoms with Gasteiger partial charge in [-0.3, -0.25) is 14.2 Å². The summed E-state index contributed by atoms with van der Waals surface area (Å²) in [6.45, 7) is 0. The summed E-state index contributed by atoms with van der Waals surface area (Å²) in [4.78, 5) is 24.5. The topological polar surface area (TPSA) is 101 Å². The zero-order valence-electron chi connectivity index (χ0n) is 17.5. The molecule has 1 aliphatic heterocycles. The molecule has 0 atom stereocenters. The second-order valence-electron chi connectivity index (χ2n) is 6.91. The Labute approximate surface area is 188 Å². The molecule has 3 aromatic rings. The molecule has 10 heteroatoms. The predicted octanol–water partition coefficient (Wildman–Crippen LogP) is 1.73. The highest BCUT2D eigenvalue weighted by atomic mass is 32.2. The van der Waals surface area contributed by atoms with Crippen LogP contribution < -0.4 is 19.8 Å². The number of rotatable bonds is 6. The number of aliphatic imine (C=N–C) groups is 2. The Hall–Kier alpha value is -3.92. The quantitative estimate of drug-likeness (QED) is 0.246. The first-order chi connectivity index (χ1) is 15.5. The monoisotopic (exact) mass is 448 g/mol. The van der Waals surface area contributed by atoms with Crippen molar-refractivity contribution < 1.29 is 19.2 Å². The van der Waals surface area contributed by atoms with Gasteiger partial charge in [0.05, 0.1) is 24.6 Å². The standard InChI is InChI=1S/C22H20N6O3S/c1-26(2)27-14-20(31-25-27)24-19(29)15-32-22-23-18(13-16-9-5-3-6-10-16)21(30)28(22)17-11-7-4-8-12-17/h3-14H,15H2,1-2H3/b18-13+. The smallest absolute Gasteiger partial charge is 0.324 e. The van der Waals surface area contributed by atoms with Gasteiger partial charge in [-0.05, 0) is 29.7 Å². The molecule has 0 saturated heterocycles. The number of amidine groups is 1. The Balaban J connectivity index is 1.57. The second kappa shape index (κ2) is 9.48. The van der Waals surface area contributed by atoms with Gasteiger partial charge in [-0.1, -0.05) is 60.3 Å². The number of hydrogen-bond donors (Lipinski definition) is 0. The molecule has 1 amide bonds. The van der Waals surface area contributed by atoms with Gasteiger partial charge in [0.15, 0.2) is 5.17 Å². The van der Waals surface area contributed by atoms with Gasteiger partial charge in [0.2, 0.25) is 5.27 Å². The first-order valence-corrected chi connectivity index (χ1v) is 10.7. The highest BCUT2D eigenvalue weighted by Crippen LogP contribution is 2.29. The molecule has 0 saturated carbocycles. The Kier molecular flexibility index (Phi) is 6.31. The molecule has 162 valence electrons. The number of carbonyl (C=O) groups excluding carboxylic acids is 1. The SMILES string of the molecule is CN(C)[n+]1cc(/N=C(\[O-])CSC2=N/C(=C/c3ccccc3)C(=O)N2c2ccccc2)on1. The van der Waals surface area contributed by atoms with Crippen LogP contribution in [0, 0.1) is 0 Å². The largest absolute Gasteiger partial charge is 0.861 e. The van der Waals surface area contributed by atoms with Crippen LogP contribution in [0.4, 0.5) is 11.6 Å². The average molecular weight is 449 g/mol. The Morgan fingerprint density at radius 1 is 1.19 bits per heavy atom. The molecule has 1 aromatic heterocycles. The van der Waals surface area contributed by atoms with Crippen LogP contribution in [-0.4, -0.2) is 42.1 Å². The lowest BCUT2D eigenvalue weighted by atomic mass is 10.2. The van der Waals surface area contributed by atoms with Gasteiger partial charge >= 0.3 is 5.88 Å². The van der Waals surface area contributed by atoms with E-state index >= 15 is 0 Å². The minimum absolute atomic E-state index is 0.0171. The van der Waals surface area contributed by atoms with Crippen molar-refractivity contribution in [3.05, 3.63) is 78.1 Å². The van der Waals surface area contributed by atoms with Crippen LogP contribution in [0.15, 0.2) is 87.1 Å². The molecule has 0 aliphatic carbocycles. The predicted molar refractivity (Wildman–Crippen MR) is 122 cm³/mol. The van der Waals surface area contributed by atoms with E-state index in [0.29, 0.717) is 16.6 Å². The summed E-state index contributed by atoms with van der Waals surface area (Å²) in [5.74, 6) is -0.607. The first-order valence-electron chi connectivity index (χ1n) is 9.70. The third-order valence-electron chi connectivity index (χ3n) is 4.36. The van der Waals surface area contributed by atoms with E-state index in [4.69, 9.17) is 4.52 Å². The number of carbonyl (C=O) groups is 1. The average Bonchev–Trinajstić information content (AvgIpc) is 3.38. The van der Waals surface area contributed by atoms with Crippen LogP contribution in [0.2, 0.25) is 0 Å². The zero-order valence-corrected chi connectivity index (χ0v) is 18.3. The summed E-state index contributed by atoms with van der Waals surface area (Å²) in [6.07, 6.45) is 3.22. The van der Waals surface area contributed by atoms with Crippen molar-refractivity contribution >= 4 is 46.4 Å². The summed E-state index contributed by atoms with van der Waals surface area (Å²) in [7, 11) is 3.55. The van der Waals surface area contributed by atoms with E-state index in [1.54, 1.807) is 25.2 Å². The minimum Gasteiger partial charge on any atom is -0.861 e. The molecular weight excluding hydrogens is 428 g/mol. The fraction of sp³-hybridized carbons (Fsp3) is 0.136. The Morgan fingerprint density at radius 2 is 1.88 bits per heavy atom. The molecule has 32 heavy (non-hydrogen) atoms. The van der Waals surface area contributed by atoms with Gasteiger partial charge in [-0.2, -0.15) is 5.01 Å². The number of para-hydroxylation sites is 1. The van der Waals surface area contributed by atoms with Gasteiger partial charge in [0.25, 0.3) is 12.1 Å². The van der Waals surface area contributed by atoms with Crippen molar-refractivity contribution in [2.24, 2.45) is 9.98 Å². The van der Waals surface area contributed by atoms with Crippen molar-refractivity contribution in [3.8, 4) is 0 Å². The van der Waals surface area contributed by atoms with Gasteiger partial charge in [0.1, 0.15) is 5.70 Å². The molecule has 4 rings (SSSR count). The highest BCUT2D eigenvalue weighted by molar-refractivity contribution is 8.14. The van der Waals surface area contributed by atoms with Crippen LogP contribution in [-0.2, 0) is 4.79 Å². The number of aromatic nitrogens is 2. The van der Waals surface area contributed by atoms with Crippen LogP contribution in [0.3, 0.4) is 0 Å². The number of thioether (sulfide) groups is 1. The molecule has 1 aliphatic rings. The summed E-state index contributed by atoms with van der Waals surface area (Å²) >= 11 is 1.14. The molecule has 9 nitrogen and oxygen atoms in total. The molecule has 0 radical (unpaired) electrons. The van der Waals surface area contributed by atoms with Crippen molar-refractivity contribution in [2.75, 3.05) is 29.8 Å². The number of benzene rings is 2. The van der Waals surface area contributed by atoms with E-state index in [0.717, 1.165) is 17.3 Å². The highest BCUT2D eigenvalue weighted by Gasteiger charge is 2.31. The van der Waals surface area contributed by atoms with Crippen LogP contribution >= 0.6 is 11.8 Å². The molecular formula is C22H20N6O3S. The third-order valence-corrected chi connectivity index (χ3v) is 5.28. The molecule has 0 fully saturated rings. The lowest BCUT2D eigenvalue weighted by molar-refractivity contribution is -0.753. The maximum absolute atomic E-state index is 13.1. The van der Waals surface area contributed by atoms with Crippen molar-refractivity contribution in [2.45, 2.75) is 0 Å². The Morgan fingerprint density at radius 3 is 2.53 bits per heavy atom. The lowest BCUT2D eigenvalue weighted by Gasteiger charge is -2.18. The molecule has 0 N–H and O–H groups in total. The summed E-state index contributed by atoms with van der Waals surface area (Å²) < 4.78 is 5.03. The number of nitrogens with zero attached hydrogens (tertiary/aromatic N) is 6. The van der Waals surface area contributed by atoms with Gasteiger partial charge in [-0.15, -0.1) is 0 Å². The van der Waals surface area contributed by atoms with E-state index in [-0.39, 0.29) is 17.5 Å². The maximum atomic E-state index is 13.1. The molecule has 2 heterocycles. The maximum Gasteiger partial charge on any atom is 0.324 e. The van der Waals surface area contributed by atoms with E-state index in [1.165, 1.54) is 15.9 Å². The fourth-order valence-electron chi connectivity index (χ4n) is 2.85. The first kappa shape index (κ1) is 21.3. The normalized spacial score (nSPS) is 15.4. The second-order valence-corrected chi connectivity index (χ2v) is 7.86. The van der Waals surface area contributed by atoms with Crippen molar-refractivity contribution in [1.82, 2.24) is 5.27 Å². The van der Waals surface area contributed by atoms with Crippen molar-refractivity contribution in [1.29, 1.82) is 0 Å². The van der Waals surface area contributed by atoms with E-state index in [9.17, 15) is 9.90 Å². The van der Waals surface area contributed by atoms with Crippen molar-refractivity contribution in [3.63, 3.8) is 0 Å². The Bertz CT molecular complexity index is 1190. The molecule has 0 spiro atoms. The zero-order chi connectivity index (χ0) is 22.5. The van der Waals surface area contributed by atoms with E-state index in [2.05, 4.69) is 15.3 Å². The molecule has 0 bridgehead atoms. The molecule has 0 unspecified atom stereocenters. The lowest BCUT2D eigenvalue weighted by Crippen LogP contribution is -2.53. The van der Waals surface area contributed by atoms with E-state index < -0.39 is 5.90 Å². The van der Waals surface area contributed by atoms with Gasteiger partial charge in [-0.25, -0.2) is 9.98 Å². The van der Waals surface area contributed by atoms with Gasteiger partial charge in [0, 0.05) is 5.75 Å². The fourth-order valence-corrected chi connectivity index (χ4v) is 3.65.